The van der Waals surface area contributed by atoms with Crippen LogP contribution in [0.4, 0.5) is 0 Å². The number of rotatable bonds is 9. The molecule has 8 heteroatoms. The second kappa shape index (κ2) is 10.0. The average Bonchev–Trinajstić information content (AvgIpc) is 3.06. The molecule has 2 aromatic rings. The van der Waals surface area contributed by atoms with Crippen LogP contribution in [0.5, 0.6) is 17.2 Å². The number of amides is 1. The maximum Gasteiger partial charge on any atom is 0.295 e. The summed E-state index contributed by atoms with van der Waals surface area (Å²) in [5.41, 5.74) is 0.803. The summed E-state index contributed by atoms with van der Waals surface area (Å²) in [5, 5.41) is 21.0. The molecule has 1 amide bonds. The number of carbonyl (C=O) groups is 2. The summed E-state index contributed by atoms with van der Waals surface area (Å²) in [4.78, 5) is 27.1. The summed E-state index contributed by atoms with van der Waals surface area (Å²) in [6.45, 7) is 4.27. The molecule has 1 aliphatic heterocycles. The number of hydrogen-bond donors (Lipinski definition) is 2. The van der Waals surface area contributed by atoms with E-state index in [1.807, 2.05) is 0 Å². The minimum Gasteiger partial charge on any atom is -0.507 e. The first-order chi connectivity index (χ1) is 15.4. The van der Waals surface area contributed by atoms with Crippen molar-refractivity contribution in [1.29, 1.82) is 0 Å². The normalized spacial score (nSPS) is 17.4. The van der Waals surface area contributed by atoms with Gasteiger partial charge in [0.1, 0.15) is 18.1 Å². The van der Waals surface area contributed by atoms with Crippen LogP contribution in [0, 0.1) is 0 Å². The fraction of sp³-hybridized carbons (Fsp3) is 0.250. The van der Waals surface area contributed by atoms with Gasteiger partial charge in [0.15, 0.2) is 11.5 Å². The van der Waals surface area contributed by atoms with Crippen molar-refractivity contribution >= 4 is 17.4 Å². The SMILES string of the molecule is C=CCOc1ccc(C(O)=C2C(=O)C(=O)N(CCOC)[C@H]2c2ccc(O)c(OC)c2)cc1. The Hall–Kier alpha value is -3.78. The lowest BCUT2D eigenvalue weighted by Gasteiger charge is -2.25. The number of aromatic hydroxyl groups is 1. The van der Waals surface area contributed by atoms with Gasteiger partial charge in [0, 0.05) is 19.2 Å². The number of aliphatic hydroxyl groups excluding tert-OH is 1. The summed E-state index contributed by atoms with van der Waals surface area (Å²) in [7, 11) is 2.89. The predicted molar refractivity (Wildman–Crippen MR) is 118 cm³/mol. The largest absolute Gasteiger partial charge is 0.507 e. The van der Waals surface area contributed by atoms with Gasteiger partial charge in [-0.05, 0) is 42.0 Å². The molecule has 168 valence electrons. The summed E-state index contributed by atoms with van der Waals surface area (Å²) >= 11 is 0. The van der Waals surface area contributed by atoms with Crippen molar-refractivity contribution in [1.82, 2.24) is 4.90 Å². The van der Waals surface area contributed by atoms with Gasteiger partial charge in [-0.15, -0.1) is 0 Å². The van der Waals surface area contributed by atoms with Gasteiger partial charge in [-0.2, -0.15) is 0 Å². The van der Waals surface area contributed by atoms with Crippen LogP contribution in [-0.4, -0.2) is 60.8 Å². The zero-order chi connectivity index (χ0) is 23.3. The number of carbonyl (C=O) groups excluding carboxylic acids is 2. The molecule has 0 aliphatic carbocycles. The molecule has 2 aromatic carbocycles. The minimum absolute atomic E-state index is 0.0568. The van der Waals surface area contributed by atoms with Crippen LogP contribution in [0.25, 0.3) is 5.76 Å². The number of ketones is 1. The molecule has 3 rings (SSSR count). The van der Waals surface area contributed by atoms with Crippen molar-refractivity contribution in [2.75, 3.05) is 34.0 Å². The topological polar surface area (TPSA) is 106 Å². The van der Waals surface area contributed by atoms with E-state index in [2.05, 4.69) is 6.58 Å². The monoisotopic (exact) mass is 439 g/mol. The van der Waals surface area contributed by atoms with Crippen LogP contribution >= 0.6 is 0 Å². The zero-order valence-corrected chi connectivity index (χ0v) is 17.9. The van der Waals surface area contributed by atoms with Gasteiger partial charge in [0.2, 0.25) is 0 Å². The van der Waals surface area contributed by atoms with Crippen LogP contribution in [0.2, 0.25) is 0 Å². The van der Waals surface area contributed by atoms with Crippen LogP contribution in [0.3, 0.4) is 0 Å². The highest BCUT2D eigenvalue weighted by Crippen LogP contribution is 2.41. The number of ether oxygens (including phenoxy) is 3. The Kier molecular flexibility index (Phi) is 7.17. The second-order valence-electron chi connectivity index (χ2n) is 7.04. The van der Waals surface area contributed by atoms with Crippen molar-refractivity contribution in [2.24, 2.45) is 0 Å². The molecule has 1 fully saturated rings. The zero-order valence-electron chi connectivity index (χ0n) is 17.9. The van der Waals surface area contributed by atoms with Crippen molar-refractivity contribution in [2.45, 2.75) is 6.04 Å². The molecule has 0 aromatic heterocycles. The van der Waals surface area contributed by atoms with Crippen LogP contribution in [0.15, 0.2) is 60.7 Å². The van der Waals surface area contributed by atoms with Crippen molar-refractivity contribution in [3.05, 3.63) is 71.8 Å². The molecule has 1 atom stereocenters. The van der Waals surface area contributed by atoms with Gasteiger partial charge in [0.25, 0.3) is 11.7 Å². The Bertz CT molecular complexity index is 1040. The fourth-order valence-electron chi connectivity index (χ4n) is 3.53. The summed E-state index contributed by atoms with van der Waals surface area (Å²) < 4.78 is 15.7. The van der Waals surface area contributed by atoms with E-state index in [1.165, 1.54) is 31.3 Å². The minimum atomic E-state index is -0.878. The highest BCUT2D eigenvalue weighted by Gasteiger charge is 2.46. The third-order valence-corrected chi connectivity index (χ3v) is 5.09. The molecule has 0 bridgehead atoms. The van der Waals surface area contributed by atoms with E-state index in [-0.39, 0.29) is 36.0 Å². The van der Waals surface area contributed by atoms with E-state index in [9.17, 15) is 19.8 Å². The van der Waals surface area contributed by atoms with E-state index in [1.54, 1.807) is 36.4 Å². The number of Topliss-reactive ketones (excluding diaryl/α,β-unsaturated/α-hetero) is 1. The van der Waals surface area contributed by atoms with E-state index < -0.39 is 17.7 Å². The summed E-state index contributed by atoms with van der Waals surface area (Å²) in [5.74, 6) is -1.18. The summed E-state index contributed by atoms with van der Waals surface area (Å²) in [6.07, 6.45) is 1.61. The lowest BCUT2D eigenvalue weighted by Crippen LogP contribution is -2.32. The molecule has 1 heterocycles. The van der Waals surface area contributed by atoms with Gasteiger partial charge in [0.05, 0.1) is 25.3 Å². The standard InChI is InChI=1S/C24H25NO7/c1-4-12-32-17-8-5-15(6-9-17)22(27)20-21(16-7-10-18(26)19(14-16)31-3)25(11-13-30-2)24(29)23(20)28/h4-10,14,21,26-27H,1,11-13H2,2-3H3/t21-/m0/s1. The lowest BCUT2D eigenvalue weighted by atomic mass is 9.95. The van der Waals surface area contributed by atoms with Crippen LogP contribution in [0.1, 0.15) is 17.2 Å². The molecular formula is C24H25NO7. The number of aliphatic hydroxyl groups is 1. The number of nitrogens with zero attached hydrogens (tertiary/aromatic N) is 1. The van der Waals surface area contributed by atoms with Crippen LogP contribution < -0.4 is 9.47 Å². The first-order valence-corrected chi connectivity index (χ1v) is 9.91. The molecule has 8 nitrogen and oxygen atoms in total. The Morgan fingerprint density at radius 2 is 1.88 bits per heavy atom. The average molecular weight is 439 g/mol. The molecule has 0 unspecified atom stereocenters. The van der Waals surface area contributed by atoms with E-state index in [0.29, 0.717) is 23.5 Å². The fourth-order valence-corrected chi connectivity index (χ4v) is 3.53. The van der Waals surface area contributed by atoms with Crippen LogP contribution in [-0.2, 0) is 14.3 Å². The number of methoxy groups -OCH3 is 2. The maximum absolute atomic E-state index is 12.9. The molecule has 0 saturated carbocycles. The molecule has 1 aliphatic rings. The predicted octanol–water partition coefficient (Wildman–Crippen LogP) is 3.03. The molecule has 0 spiro atoms. The number of hydrogen-bond acceptors (Lipinski definition) is 7. The van der Waals surface area contributed by atoms with E-state index in [4.69, 9.17) is 14.2 Å². The molecule has 2 N–H and O–H groups in total. The third-order valence-electron chi connectivity index (χ3n) is 5.09. The molecular weight excluding hydrogens is 414 g/mol. The molecule has 32 heavy (non-hydrogen) atoms. The lowest BCUT2D eigenvalue weighted by molar-refractivity contribution is -0.140. The highest BCUT2D eigenvalue weighted by molar-refractivity contribution is 6.46. The molecule has 0 radical (unpaired) electrons. The first-order valence-electron chi connectivity index (χ1n) is 9.91. The van der Waals surface area contributed by atoms with Gasteiger partial charge in [-0.1, -0.05) is 18.7 Å². The Balaban J connectivity index is 2.10. The summed E-state index contributed by atoms with van der Waals surface area (Å²) in [6, 6.07) is 10.2. The van der Waals surface area contributed by atoms with E-state index >= 15 is 0 Å². The number of likely N-dealkylation sites (tertiary alicyclic amines) is 1. The Morgan fingerprint density at radius 3 is 2.50 bits per heavy atom. The highest BCUT2D eigenvalue weighted by atomic mass is 16.5. The first kappa shape index (κ1) is 22.9. The maximum atomic E-state index is 12.9. The van der Waals surface area contributed by atoms with Crippen molar-refractivity contribution in [3.63, 3.8) is 0 Å². The van der Waals surface area contributed by atoms with Crippen molar-refractivity contribution in [3.8, 4) is 17.2 Å². The van der Waals surface area contributed by atoms with Crippen molar-refractivity contribution < 1.29 is 34.0 Å². The molecule has 1 saturated heterocycles. The van der Waals surface area contributed by atoms with Gasteiger partial charge in [-0.3, -0.25) is 9.59 Å². The second-order valence-corrected chi connectivity index (χ2v) is 7.04. The number of phenols is 1. The van der Waals surface area contributed by atoms with Gasteiger partial charge >= 0.3 is 0 Å². The Morgan fingerprint density at radius 1 is 1.16 bits per heavy atom. The van der Waals surface area contributed by atoms with Gasteiger partial charge in [-0.25, -0.2) is 0 Å². The number of phenolic OH excluding ortho intramolecular Hbond substituents is 1. The third kappa shape index (κ3) is 4.45. The number of benzene rings is 2. The van der Waals surface area contributed by atoms with E-state index in [0.717, 1.165) is 0 Å². The Labute approximate surface area is 185 Å². The smallest absolute Gasteiger partial charge is 0.295 e. The quantitative estimate of drug-likeness (QED) is 0.268. The van der Waals surface area contributed by atoms with Gasteiger partial charge < -0.3 is 29.3 Å².